The van der Waals surface area contributed by atoms with E-state index < -0.39 is 5.54 Å². The van der Waals surface area contributed by atoms with Gasteiger partial charge in [0.1, 0.15) is 5.54 Å². The zero-order valence-corrected chi connectivity index (χ0v) is 13.7. The highest BCUT2D eigenvalue weighted by Crippen LogP contribution is 2.18. The number of carbonyl (C=O) groups is 1. The lowest BCUT2D eigenvalue weighted by atomic mass is 9.95. The average Bonchev–Trinajstić information content (AvgIpc) is 2.67. The maximum Gasteiger partial charge on any atom is 0.325 e. The quantitative estimate of drug-likeness (QED) is 0.576. The van der Waals surface area contributed by atoms with Gasteiger partial charge in [-0.25, -0.2) is 0 Å². The zero-order chi connectivity index (χ0) is 15.0. The van der Waals surface area contributed by atoms with E-state index >= 15 is 0 Å². The summed E-state index contributed by atoms with van der Waals surface area (Å²) >= 11 is 0. The molecule has 20 heavy (non-hydrogen) atoms. The molecule has 1 aliphatic heterocycles. The van der Waals surface area contributed by atoms with Crippen molar-refractivity contribution in [3.05, 3.63) is 0 Å². The fourth-order valence-corrected chi connectivity index (χ4v) is 2.91. The van der Waals surface area contributed by atoms with Crippen LogP contribution in [0.2, 0.25) is 0 Å². The molecule has 1 aliphatic rings. The largest absolute Gasteiger partial charge is 0.468 e. The first-order valence-corrected chi connectivity index (χ1v) is 8.01. The molecule has 1 heterocycles. The van der Waals surface area contributed by atoms with E-state index in [2.05, 4.69) is 17.1 Å². The highest BCUT2D eigenvalue weighted by atomic mass is 16.5. The van der Waals surface area contributed by atoms with Crippen molar-refractivity contribution in [1.29, 1.82) is 0 Å². The maximum atomic E-state index is 11.7. The van der Waals surface area contributed by atoms with E-state index in [4.69, 9.17) is 4.74 Å². The summed E-state index contributed by atoms with van der Waals surface area (Å²) in [5, 5.41) is 3.10. The van der Waals surface area contributed by atoms with Gasteiger partial charge >= 0.3 is 5.97 Å². The number of unbranched alkanes of at least 4 members (excludes halogenated alkanes) is 1. The van der Waals surface area contributed by atoms with E-state index in [1.807, 2.05) is 14.0 Å². The monoisotopic (exact) mass is 284 g/mol. The molecule has 0 aromatic carbocycles. The third-order valence-electron chi connectivity index (χ3n) is 4.70. The molecule has 1 rings (SSSR count). The standard InChI is InChI=1S/C16H32N2O2/c1-14-8-7-12-18(13-9-14)11-6-5-10-16(2,17-3)15(19)20-4/h14,17H,5-13H2,1-4H3. The van der Waals surface area contributed by atoms with Gasteiger partial charge in [-0.1, -0.05) is 6.92 Å². The lowest BCUT2D eigenvalue weighted by molar-refractivity contribution is -0.148. The van der Waals surface area contributed by atoms with Crippen LogP contribution in [-0.2, 0) is 9.53 Å². The van der Waals surface area contributed by atoms with Crippen molar-refractivity contribution in [1.82, 2.24) is 10.2 Å². The van der Waals surface area contributed by atoms with Gasteiger partial charge in [-0.3, -0.25) is 4.79 Å². The lowest BCUT2D eigenvalue weighted by Gasteiger charge is -2.26. The van der Waals surface area contributed by atoms with Crippen molar-refractivity contribution in [2.24, 2.45) is 5.92 Å². The van der Waals surface area contributed by atoms with Crippen LogP contribution >= 0.6 is 0 Å². The Morgan fingerprint density at radius 1 is 1.35 bits per heavy atom. The number of rotatable bonds is 7. The first kappa shape index (κ1) is 17.4. The Morgan fingerprint density at radius 3 is 2.75 bits per heavy atom. The van der Waals surface area contributed by atoms with Gasteiger partial charge < -0.3 is 15.0 Å². The van der Waals surface area contributed by atoms with Crippen molar-refractivity contribution >= 4 is 5.97 Å². The number of carbonyl (C=O) groups excluding carboxylic acids is 1. The van der Waals surface area contributed by atoms with E-state index in [0.717, 1.165) is 31.7 Å². The summed E-state index contributed by atoms with van der Waals surface area (Å²) in [5.41, 5.74) is -0.540. The number of nitrogens with zero attached hydrogens (tertiary/aromatic N) is 1. The Morgan fingerprint density at radius 2 is 2.10 bits per heavy atom. The minimum absolute atomic E-state index is 0.163. The van der Waals surface area contributed by atoms with E-state index in [9.17, 15) is 4.79 Å². The number of hydrogen-bond donors (Lipinski definition) is 1. The molecule has 0 saturated carbocycles. The molecule has 118 valence electrons. The molecule has 0 aliphatic carbocycles. The van der Waals surface area contributed by atoms with Gasteiger partial charge in [-0.2, -0.15) is 0 Å². The fourth-order valence-electron chi connectivity index (χ4n) is 2.91. The molecule has 0 radical (unpaired) electrons. The highest BCUT2D eigenvalue weighted by molar-refractivity contribution is 5.80. The third kappa shape index (κ3) is 5.41. The summed E-state index contributed by atoms with van der Waals surface area (Å²) in [7, 11) is 3.28. The molecule has 4 nitrogen and oxygen atoms in total. The van der Waals surface area contributed by atoms with Crippen molar-refractivity contribution < 1.29 is 9.53 Å². The van der Waals surface area contributed by atoms with Crippen LogP contribution in [0.5, 0.6) is 0 Å². The molecule has 2 unspecified atom stereocenters. The number of methoxy groups -OCH3 is 1. The van der Waals surface area contributed by atoms with Gasteiger partial charge in [-0.15, -0.1) is 0 Å². The molecule has 0 aromatic rings. The van der Waals surface area contributed by atoms with Crippen LogP contribution < -0.4 is 5.32 Å². The second-order valence-electron chi connectivity index (χ2n) is 6.41. The van der Waals surface area contributed by atoms with Gasteiger partial charge in [-0.05, 0) is 78.0 Å². The molecule has 2 atom stereocenters. The first-order valence-electron chi connectivity index (χ1n) is 8.01. The summed E-state index contributed by atoms with van der Waals surface area (Å²) in [4.78, 5) is 14.3. The predicted octanol–water partition coefficient (Wildman–Crippen LogP) is 2.43. The molecule has 0 amide bonds. The van der Waals surface area contributed by atoms with E-state index in [0.29, 0.717) is 0 Å². The van der Waals surface area contributed by atoms with Gasteiger partial charge in [0.2, 0.25) is 0 Å². The Balaban J connectivity index is 2.25. The maximum absolute atomic E-state index is 11.7. The second-order valence-corrected chi connectivity index (χ2v) is 6.41. The number of nitrogens with one attached hydrogen (secondary N) is 1. The van der Waals surface area contributed by atoms with Crippen molar-refractivity contribution in [2.45, 2.75) is 57.9 Å². The van der Waals surface area contributed by atoms with Crippen LogP contribution in [0.3, 0.4) is 0 Å². The van der Waals surface area contributed by atoms with E-state index in [-0.39, 0.29) is 5.97 Å². The molecular formula is C16H32N2O2. The summed E-state index contributed by atoms with van der Waals surface area (Å²) in [6.07, 6.45) is 7.08. The molecule has 1 saturated heterocycles. The van der Waals surface area contributed by atoms with Gasteiger partial charge in [0.05, 0.1) is 7.11 Å². The van der Waals surface area contributed by atoms with Crippen LogP contribution in [-0.4, -0.2) is 50.2 Å². The summed E-state index contributed by atoms with van der Waals surface area (Å²) < 4.78 is 4.87. The van der Waals surface area contributed by atoms with Crippen molar-refractivity contribution in [3.63, 3.8) is 0 Å². The topological polar surface area (TPSA) is 41.6 Å². The highest BCUT2D eigenvalue weighted by Gasteiger charge is 2.31. The van der Waals surface area contributed by atoms with Crippen LogP contribution in [0.15, 0.2) is 0 Å². The van der Waals surface area contributed by atoms with Gasteiger partial charge in [0, 0.05) is 0 Å². The van der Waals surface area contributed by atoms with Gasteiger partial charge in [0.15, 0.2) is 0 Å². The second kappa shape index (κ2) is 8.63. The first-order chi connectivity index (χ1) is 9.51. The smallest absolute Gasteiger partial charge is 0.325 e. The molecule has 0 spiro atoms. The summed E-state index contributed by atoms with van der Waals surface area (Å²) in [6, 6.07) is 0. The lowest BCUT2D eigenvalue weighted by Crippen LogP contribution is -2.48. The molecule has 4 heteroatoms. The van der Waals surface area contributed by atoms with E-state index in [1.54, 1.807) is 0 Å². The van der Waals surface area contributed by atoms with Crippen molar-refractivity contribution in [2.75, 3.05) is 33.8 Å². The Bertz CT molecular complexity index is 296. The molecule has 0 aromatic heterocycles. The number of hydrogen-bond acceptors (Lipinski definition) is 4. The van der Waals surface area contributed by atoms with Crippen LogP contribution in [0.25, 0.3) is 0 Å². The fraction of sp³-hybridized carbons (Fsp3) is 0.938. The predicted molar refractivity (Wildman–Crippen MR) is 82.8 cm³/mol. The SMILES string of the molecule is CNC(C)(CCCCN1CCCC(C)CC1)C(=O)OC. The number of ether oxygens (including phenoxy) is 1. The van der Waals surface area contributed by atoms with Gasteiger partial charge in [0.25, 0.3) is 0 Å². The van der Waals surface area contributed by atoms with Crippen LogP contribution in [0.1, 0.15) is 52.4 Å². The Kier molecular flexibility index (Phi) is 7.52. The van der Waals surface area contributed by atoms with Crippen molar-refractivity contribution in [3.8, 4) is 0 Å². The number of esters is 1. The Hall–Kier alpha value is -0.610. The summed E-state index contributed by atoms with van der Waals surface area (Å²) in [6.45, 7) is 7.92. The number of likely N-dealkylation sites (N-methyl/N-ethyl adjacent to an activating group) is 1. The molecule has 0 bridgehead atoms. The van der Waals surface area contributed by atoms with Crippen LogP contribution in [0, 0.1) is 5.92 Å². The minimum Gasteiger partial charge on any atom is -0.468 e. The normalized spacial score (nSPS) is 23.9. The van der Waals surface area contributed by atoms with Crippen LogP contribution in [0.4, 0.5) is 0 Å². The summed E-state index contributed by atoms with van der Waals surface area (Å²) in [5.74, 6) is 0.718. The minimum atomic E-state index is -0.540. The third-order valence-corrected chi connectivity index (χ3v) is 4.70. The molecular weight excluding hydrogens is 252 g/mol. The number of likely N-dealkylation sites (tertiary alicyclic amines) is 1. The zero-order valence-electron chi connectivity index (χ0n) is 13.7. The molecule has 1 fully saturated rings. The molecule has 1 N–H and O–H groups in total. The van der Waals surface area contributed by atoms with E-state index in [1.165, 1.54) is 39.5 Å². The Labute approximate surface area is 124 Å². The average molecular weight is 284 g/mol.